The fourth-order valence-electron chi connectivity index (χ4n) is 2.57. The van der Waals surface area contributed by atoms with Crippen molar-refractivity contribution in [1.82, 2.24) is 4.98 Å². The van der Waals surface area contributed by atoms with Crippen molar-refractivity contribution in [2.75, 3.05) is 0 Å². The van der Waals surface area contributed by atoms with E-state index in [-0.39, 0.29) is 0 Å². The molecule has 0 amide bonds. The molecule has 2 nitrogen and oxygen atoms in total. The Labute approximate surface area is 138 Å². The first-order valence-electron chi connectivity index (χ1n) is 6.92. The second-order valence-corrected chi connectivity index (χ2v) is 6.46. The van der Waals surface area contributed by atoms with Crippen LogP contribution in [-0.2, 0) is 6.42 Å². The highest BCUT2D eigenvalue weighted by Gasteiger charge is 2.13. The van der Waals surface area contributed by atoms with Crippen LogP contribution in [0.15, 0.2) is 54.6 Å². The quantitative estimate of drug-likeness (QED) is 0.673. The maximum atomic E-state index is 10.6. The Bertz CT molecular complexity index is 768. The van der Waals surface area contributed by atoms with Gasteiger partial charge in [-0.1, -0.05) is 30.3 Å². The molecule has 1 aromatic heterocycles. The Hall–Kier alpha value is -1.46. The zero-order valence-electron chi connectivity index (χ0n) is 11.8. The summed E-state index contributed by atoms with van der Waals surface area (Å²) >= 11 is 2.29. The van der Waals surface area contributed by atoms with E-state index >= 15 is 0 Å². The Morgan fingerprint density at radius 1 is 1.10 bits per heavy atom. The van der Waals surface area contributed by atoms with E-state index in [0.717, 1.165) is 27.7 Å². The molecule has 1 heterocycles. The summed E-state index contributed by atoms with van der Waals surface area (Å²) in [6, 6.07) is 18.2. The van der Waals surface area contributed by atoms with E-state index in [1.165, 1.54) is 3.57 Å². The number of aliphatic hydroxyl groups is 1. The van der Waals surface area contributed by atoms with Gasteiger partial charge in [-0.05, 0) is 64.9 Å². The predicted octanol–water partition coefficient (Wildman–Crippen LogP) is 4.42. The summed E-state index contributed by atoms with van der Waals surface area (Å²) in [7, 11) is 0. The lowest BCUT2D eigenvalue weighted by Crippen LogP contribution is -2.04. The zero-order chi connectivity index (χ0) is 14.8. The minimum absolute atomic E-state index is 0.517. The lowest BCUT2D eigenvalue weighted by atomic mass is 9.97. The van der Waals surface area contributed by atoms with E-state index in [1.807, 2.05) is 37.3 Å². The summed E-state index contributed by atoms with van der Waals surface area (Å²) in [4.78, 5) is 4.53. The number of benzene rings is 2. The van der Waals surface area contributed by atoms with Gasteiger partial charge in [-0.3, -0.25) is 4.98 Å². The molecule has 3 rings (SSSR count). The molecule has 0 saturated heterocycles. The third kappa shape index (κ3) is 3.24. The molecule has 3 aromatic rings. The average molecular weight is 389 g/mol. The fourth-order valence-corrected chi connectivity index (χ4v) is 2.93. The van der Waals surface area contributed by atoms with Crippen LogP contribution in [0.3, 0.4) is 0 Å². The normalized spacial score (nSPS) is 12.5. The van der Waals surface area contributed by atoms with E-state index < -0.39 is 6.10 Å². The molecule has 0 radical (unpaired) electrons. The van der Waals surface area contributed by atoms with Crippen LogP contribution < -0.4 is 0 Å². The molecule has 0 aliphatic heterocycles. The van der Waals surface area contributed by atoms with Crippen molar-refractivity contribution < 1.29 is 5.11 Å². The minimum Gasteiger partial charge on any atom is -0.388 e. The molecule has 0 aliphatic carbocycles. The fraction of sp³-hybridized carbons (Fsp3) is 0.167. The number of pyridine rings is 1. The van der Waals surface area contributed by atoms with E-state index in [4.69, 9.17) is 0 Å². The zero-order valence-corrected chi connectivity index (χ0v) is 13.9. The maximum absolute atomic E-state index is 10.6. The number of hydrogen-bond donors (Lipinski definition) is 1. The molecule has 0 saturated carbocycles. The minimum atomic E-state index is -0.517. The first-order chi connectivity index (χ1) is 10.1. The number of aryl methyl sites for hydroxylation is 1. The Kier molecular flexibility index (Phi) is 4.22. The highest BCUT2D eigenvalue weighted by atomic mass is 127. The van der Waals surface area contributed by atoms with Gasteiger partial charge < -0.3 is 5.11 Å². The first kappa shape index (κ1) is 14.5. The molecule has 3 heteroatoms. The largest absolute Gasteiger partial charge is 0.388 e. The van der Waals surface area contributed by atoms with Crippen LogP contribution in [0.2, 0.25) is 0 Å². The van der Waals surface area contributed by atoms with E-state index in [9.17, 15) is 5.11 Å². The molecule has 0 spiro atoms. The molecule has 1 N–H and O–H groups in total. The Morgan fingerprint density at radius 2 is 1.81 bits per heavy atom. The lowest BCUT2D eigenvalue weighted by Gasteiger charge is -2.14. The molecule has 0 bridgehead atoms. The molecule has 0 fully saturated rings. The van der Waals surface area contributed by atoms with Crippen molar-refractivity contribution in [3.8, 4) is 0 Å². The second-order valence-electron chi connectivity index (χ2n) is 5.22. The maximum Gasteiger partial charge on any atom is 0.0837 e. The second kappa shape index (κ2) is 6.12. The van der Waals surface area contributed by atoms with Crippen LogP contribution in [0.1, 0.15) is 22.9 Å². The topological polar surface area (TPSA) is 33.1 Å². The highest BCUT2D eigenvalue weighted by Crippen LogP contribution is 2.26. The van der Waals surface area contributed by atoms with Crippen LogP contribution in [-0.4, -0.2) is 10.1 Å². The molecule has 1 unspecified atom stereocenters. The number of nitrogens with zero attached hydrogens (tertiary/aromatic N) is 1. The van der Waals surface area contributed by atoms with Gasteiger partial charge in [0.05, 0.1) is 11.6 Å². The molecular weight excluding hydrogens is 373 g/mol. The van der Waals surface area contributed by atoms with Gasteiger partial charge in [-0.25, -0.2) is 0 Å². The van der Waals surface area contributed by atoms with E-state index in [1.54, 1.807) is 0 Å². The van der Waals surface area contributed by atoms with Crippen molar-refractivity contribution in [3.63, 3.8) is 0 Å². The van der Waals surface area contributed by atoms with Gasteiger partial charge in [0, 0.05) is 21.1 Å². The third-order valence-corrected chi connectivity index (χ3v) is 4.30. The average Bonchev–Trinajstić information content (AvgIpc) is 2.48. The SMILES string of the molecule is Cc1cc(C(O)Cc2ccc(I)cc2)c2ccccc2n1. The number of hydrogen-bond acceptors (Lipinski definition) is 2. The van der Waals surface area contributed by atoms with Gasteiger partial charge in [0.1, 0.15) is 0 Å². The third-order valence-electron chi connectivity index (χ3n) is 3.58. The number of aliphatic hydroxyl groups excluding tert-OH is 1. The Morgan fingerprint density at radius 3 is 2.57 bits per heavy atom. The van der Waals surface area contributed by atoms with E-state index in [2.05, 4.69) is 51.8 Å². The van der Waals surface area contributed by atoms with Gasteiger partial charge in [-0.2, -0.15) is 0 Å². The van der Waals surface area contributed by atoms with Crippen molar-refractivity contribution in [2.24, 2.45) is 0 Å². The smallest absolute Gasteiger partial charge is 0.0837 e. The predicted molar refractivity (Wildman–Crippen MR) is 94.3 cm³/mol. The van der Waals surface area contributed by atoms with Crippen LogP contribution in [0.25, 0.3) is 10.9 Å². The molecule has 21 heavy (non-hydrogen) atoms. The van der Waals surface area contributed by atoms with Gasteiger partial charge in [0.25, 0.3) is 0 Å². The molecule has 0 aliphatic rings. The summed E-state index contributed by atoms with van der Waals surface area (Å²) in [5.74, 6) is 0. The first-order valence-corrected chi connectivity index (χ1v) is 8.00. The van der Waals surface area contributed by atoms with Gasteiger partial charge in [0.15, 0.2) is 0 Å². The Balaban J connectivity index is 1.97. The van der Waals surface area contributed by atoms with Crippen molar-refractivity contribution in [2.45, 2.75) is 19.4 Å². The number of rotatable bonds is 3. The van der Waals surface area contributed by atoms with Crippen molar-refractivity contribution in [3.05, 3.63) is 75.0 Å². The number of para-hydroxylation sites is 1. The van der Waals surface area contributed by atoms with Crippen LogP contribution in [0.5, 0.6) is 0 Å². The van der Waals surface area contributed by atoms with Crippen LogP contribution in [0.4, 0.5) is 0 Å². The van der Waals surface area contributed by atoms with Crippen LogP contribution >= 0.6 is 22.6 Å². The summed E-state index contributed by atoms with van der Waals surface area (Å²) in [5, 5.41) is 11.7. The summed E-state index contributed by atoms with van der Waals surface area (Å²) in [6.45, 7) is 1.97. The van der Waals surface area contributed by atoms with Gasteiger partial charge >= 0.3 is 0 Å². The highest BCUT2D eigenvalue weighted by molar-refractivity contribution is 14.1. The monoisotopic (exact) mass is 389 g/mol. The molecule has 106 valence electrons. The van der Waals surface area contributed by atoms with Gasteiger partial charge in [0.2, 0.25) is 0 Å². The molecule has 1 atom stereocenters. The lowest BCUT2D eigenvalue weighted by molar-refractivity contribution is 0.180. The number of fused-ring (bicyclic) bond motifs is 1. The summed E-state index contributed by atoms with van der Waals surface area (Å²) < 4.78 is 1.20. The van der Waals surface area contributed by atoms with Crippen LogP contribution in [0, 0.1) is 10.5 Å². The summed E-state index contributed by atoms with van der Waals surface area (Å²) in [5.41, 5.74) is 3.97. The van der Waals surface area contributed by atoms with Crippen molar-refractivity contribution in [1.29, 1.82) is 0 Å². The molecule has 2 aromatic carbocycles. The van der Waals surface area contributed by atoms with Gasteiger partial charge in [-0.15, -0.1) is 0 Å². The molecular formula is C18H16INO. The standard InChI is InChI=1S/C18H16INO/c1-12-10-16(15-4-2-3-5-17(15)20-12)18(21)11-13-6-8-14(19)9-7-13/h2-10,18,21H,11H2,1H3. The number of halogens is 1. The van der Waals surface area contributed by atoms with Crippen molar-refractivity contribution >= 4 is 33.5 Å². The number of aromatic nitrogens is 1. The van der Waals surface area contributed by atoms with E-state index in [0.29, 0.717) is 6.42 Å². The summed E-state index contributed by atoms with van der Waals surface area (Å²) in [6.07, 6.45) is 0.0985.